The molecule has 1 aliphatic carbocycles. The predicted molar refractivity (Wildman–Crippen MR) is 97.9 cm³/mol. The number of hydrogen-bond donors (Lipinski definition) is 1. The number of carbonyl (C=O) groups excluding carboxylic acids is 1. The number of likely N-dealkylation sites (tertiary alicyclic amines) is 1. The topological polar surface area (TPSA) is 63.1 Å². The standard InChI is InChI=1S/C19H22ClN5O/c20-16-4-2-1-3-12(16)8-24-9-13-7-17-22-23-18(19(26)21-15-5-6-15)25(17)11-14(13)10-24/h1-4,13-15H,5-11H2,(H,21,26)/t13-,14-/m0/s1. The van der Waals surface area contributed by atoms with Crippen LogP contribution < -0.4 is 5.32 Å². The Hall–Kier alpha value is -1.92. The molecule has 0 unspecified atom stereocenters. The summed E-state index contributed by atoms with van der Waals surface area (Å²) in [5.74, 6) is 2.47. The summed E-state index contributed by atoms with van der Waals surface area (Å²) in [5, 5.41) is 12.3. The molecule has 136 valence electrons. The van der Waals surface area contributed by atoms with Crippen LogP contribution in [-0.2, 0) is 19.5 Å². The first-order valence-electron chi connectivity index (χ1n) is 9.36. The minimum Gasteiger partial charge on any atom is -0.347 e. The van der Waals surface area contributed by atoms with Gasteiger partial charge in [0, 0.05) is 43.7 Å². The van der Waals surface area contributed by atoms with Crippen molar-refractivity contribution in [1.82, 2.24) is 25.0 Å². The molecule has 1 aromatic carbocycles. The third kappa shape index (κ3) is 3.01. The molecule has 2 aliphatic heterocycles. The van der Waals surface area contributed by atoms with Gasteiger partial charge in [0.25, 0.3) is 5.91 Å². The first-order valence-corrected chi connectivity index (χ1v) is 9.74. The highest BCUT2D eigenvalue weighted by Gasteiger charge is 2.39. The Balaban J connectivity index is 1.29. The molecule has 26 heavy (non-hydrogen) atoms. The lowest BCUT2D eigenvalue weighted by atomic mass is 9.89. The normalized spacial score (nSPS) is 25.0. The van der Waals surface area contributed by atoms with Crippen molar-refractivity contribution in [1.29, 1.82) is 0 Å². The Morgan fingerprint density at radius 3 is 2.77 bits per heavy atom. The van der Waals surface area contributed by atoms with Gasteiger partial charge in [-0.3, -0.25) is 9.69 Å². The van der Waals surface area contributed by atoms with Crippen molar-refractivity contribution in [2.75, 3.05) is 13.1 Å². The van der Waals surface area contributed by atoms with Crippen molar-refractivity contribution in [2.24, 2.45) is 11.8 Å². The van der Waals surface area contributed by atoms with Gasteiger partial charge in [-0.1, -0.05) is 29.8 Å². The number of nitrogens with one attached hydrogen (secondary N) is 1. The van der Waals surface area contributed by atoms with E-state index in [0.717, 1.165) is 56.3 Å². The zero-order valence-corrected chi connectivity index (χ0v) is 15.3. The van der Waals surface area contributed by atoms with E-state index in [1.807, 2.05) is 22.8 Å². The monoisotopic (exact) mass is 371 g/mol. The quantitative estimate of drug-likeness (QED) is 0.894. The molecule has 2 aromatic rings. The first kappa shape index (κ1) is 16.3. The van der Waals surface area contributed by atoms with Crippen molar-refractivity contribution < 1.29 is 4.79 Å². The van der Waals surface area contributed by atoms with Crippen LogP contribution in [0.3, 0.4) is 0 Å². The van der Waals surface area contributed by atoms with Crippen molar-refractivity contribution >= 4 is 17.5 Å². The Morgan fingerprint density at radius 1 is 1.15 bits per heavy atom. The summed E-state index contributed by atoms with van der Waals surface area (Å²) in [5.41, 5.74) is 1.18. The lowest BCUT2D eigenvalue weighted by Crippen LogP contribution is -2.33. The number of hydrogen-bond acceptors (Lipinski definition) is 4. The van der Waals surface area contributed by atoms with E-state index in [2.05, 4.69) is 26.5 Å². The number of halogens is 1. The zero-order chi connectivity index (χ0) is 17.7. The maximum absolute atomic E-state index is 12.4. The molecular weight excluding hydrogens is 350 g/mol. The second-order valence-electron chi connectivity index (χ2n) is 7.81. The number of rotatable bonds is 4. The van der Waals surface area contributed by atoms with E-state index in [1.165, 1.54) is 5.56 Å². The number of fused-ring (bicyclic) bond motifs is 2. The van der Waals surface area contributed by atoms with Crippen molar-refractivity contribution in [3.05, 3.63) is 46.5 Å². The molecule has 6 nitrogen and oxygen atoms in total. The van der Waals surface area contributed by atoms with E-state index in [4.69, 9.17) is 11.6 Å². The van der Waals surface area contributed by atoms with Crippen LogP contribution >= 0.6 is 11.6 Å². The molecule has 0 radical (unpaired) electrons. The van der Waals surface area contributed by atoms with Crippen LogP contribution in [0.15, 0.2) is 24.3 Å². The Morgan fingerprint density at radius 2 is 1.96 bits per heavy atom. The summed E-state index contributed by atoms with van der Waals surface area (Å²) in [7, 11) is 0. The molecule has 1 saturated carbocycles. The third-order valence-corrected chi connectivity index (χ3v) is 6.18. The maximum atomic E-state index is 12.4. The SMILES string of the molecule is O=C(NC1CC1)c1nnc2n1C[C@@H]1CN(Cc3ccccc3Cl)C[C@@H]1C2. The van der Waals surface area contributed by atoms with E-state index in [1.54, 1.807) is 0 Å². The number of nitrogens with zero attached hydrogens (tertiary/aromatic N) is 4. The minimum atomic E-state index is -0.0735. The molecule has 1 amide bonds. The molecule has 3 aliphatic rings. The average molecular weight is 372 g/mol. The highest BCUT2D eigenvalue weighted by atomic mass is 35.5. The van der Waals surface area contributed by atoms with Crippen LogP contribution in [0.2, 0.25) is 5.02 Å². The van der Waals surface area contributed by atoms with Gasteiger partial charge in [0.2, 0.25) is 5.82 Å². The first-order chi connectivity index (χ1) is 12.7. The summed E-state index contributed by atoms with van der Waals surface area (Å²) >= 11 is 6.32. The van der Waals surface area contributed by atoms with Crippen molar-refractivity contribution in [3.8, 4) is 0 Å². The molecule has 1 aromatic heterocycles. The zero-order valence-electron chi connectivity index (χ0n) is 14.6. The number of benzene rings is 1. The molecule has 5 rings (SSSR count). The predicted octanol–water partition coefficient (Wildman–Crippen LogP) is 2.13. The van der Waals surface area contributed by atoms with Crippen LogP contribution in [0.4, 0.5) is 0 Å². The van der Waals surface area contributed by atoms with Gasteiger partial charge in [0.05, 0.1) is 0 Å². The van der Waals surface area contributed by atoms with Crippen LogP contribution in [0.25, 0.3) is 0 Å². The van der Waals surface area contributed by atoms with E-state index >= 15 is 0 Å². The molecule has 0 spiro atoms. The molecule has 1 saturated heterocycles. The van der Waals surface area contributed by atoms with Gasteiger partial charge in [-0.15, -0.1) is 10.2 Å². The lowest BCUT2D eigenvalue weighted by Gasteiger charge is -2.25. The van der Waals surface area contributed by atoms with Crippen LogP contribution in [0, 0.1) is 11.8 Å². The number of carbonyl (C=O) groups is 1. The molecule has 7 heteroatoms. The molecule has 3 heterocycles. The smallest absolute Gasteiger partial charge is 0.289 e. The third-order valence-electron chi connectivity index (χ3n) is 5.81. The summed E-state index contributed by atoms with van der Waals surface area (Å²) in [6.07, 6.45) is 3.05. The summed E-state index contributed by atoms with van der Waals surface area (Å²) in [4.78, 5) is 14.9. The van der Waals surface area contributed by atoms with Crippen LogP contribution in [0.5, 0.6) is 0 Å². The summed E-state index contributed by atoms with van der Waals surface area (Å²) in [6.45, 7) is 3.78. The molecule has 0 bridgehead atoms. The Kier molecular flexibility index (Phi) is 3.98. The Labute approximate surface area is 157 Å². The molecule has 2 fully saturated rings. The van der Waals surface area contributed by atoms with E-state index < -0.39 is 0 Å². The lowest BCUT2D eigenvalue weighted by molar-refractivity contribution is 0.0932. The van der Waals surface area contributed by atoms with Crippen molar-refractivity contribution in [2.45, 2.75) is 38.4 Å². The molecule has 1 N–H and O–H groups in total. The van der Waals surface area contributed by atoms with Crippen LogP contribution in [0.1, 0.15) is 34.8 Å². The fraction of sp³-hybridized carbons (Fsp3) is 0.526. The van der Waals surface area contributed by atoms with Crippen molar-refractivity contribution in [3.63, 3.8) is 0 Å². The fourth-order valence-corrected chi connectivity index (χ4v) is 4.46. The molecular formula is C19H22ClN5O. The maximum Gasteiger partial charge on any atom is 0.289 e. The fourth-order valence-electron chi connectivity index (χ4n) is 4.26. The van der Waals surface area contributed by atoms with Gasteiger partial charge in [0.1, 0.15) is 5.82 Å². The van der Waals surface area contributed by atoms with E-state index in [9.17, 15) is 4.79 Å². The summed E-state index contributed by atoms with van der Waals surface area (Å²) in [6, 6.07) is 8.39. The second kappa shape index (κ2) is 6.35. The van der Waals surface area contributed by atoms with Gasteiger partial charge in [-0.2, -0.15) is 0 Å². The average Bonchev–Trinajstić information content (AvgIpc) is 3.20. The van der Waals surface area contributed by atoms with Gasteiger partial charge >= 0.3 is 0 Å². The van der Waals surface area contributed by atoms with Gasteiger partial charge in [-0.25, -0.2) is 0 Å². The van der Waals surface area contributed by atoms with Crippen LogP contribution in [-0.4, -0.2) is 44.7 Å². The van der Waals surface area contributed by atoms with Gasteiger partial charge in [-0.05, 0) is 36.3 Å². The van der Waals surface area contributed by atoms with E-state index in [-0.39, 0.29) is 5.91 Å². The number of aromatic nitrogens is 3. The minimum absolute atomic E-state index is 0.0735. The Bertz CT molecular complexity index is 846. The molecule has 2 atom stereocenters. The highest BCUT2D eigenvalue weighted by Crippen LogP contribution is 2.34. The summed E-state index contributed by atoms with van der Waals surface area (Å²) < 4.78 is 2.04. The van der Waals surface area contributed by atoms with Gasteiger partial charge in [0.15, 0.2) is 0 Å². The largest absolute Gasteiger partial charge is 0.347 e. The van der Waals surface area contributed by atoms with Gasteiger partial charge < -0.3 is 9.88 Å². The highest BCUT2D eigenvalue weighted by molar-refractivity contribution is 6.31. The second-order valence-corrected chi connectivity index (χ2v) is 8.22. The number of amides is 1. The van der Waals surface area contributed by atoms with E-state index in [0.29, 0.717) is 23.7 Å².